The number of rotatable bonds is 4. The molecule has 0 aliphatic carbocycles. The molecule has 1 fully saturated rings. The standard InChI is InChI=1S/C24H21N5S/c1-17-6-4-7-19(16-17)29-23(22(27-24(29)30)20-8-2-3-12-26-20)21-9-5-15-28(21)18-10-13-25-14-11-18/h2-16,22-23H,1H3,(H,27,30)/t22-,23+/m0/s1. The van der Waals surface area contributed by atoms with Crippen molar-refractivity contribution in [1.29, 1.82) is 0 Å². The Bertz CT molecular complexity index is 1170. The van der Waals surface area contributed by atoms with Gasteiger partial charge >= 0.3 is 0 Å². The van der Waals surface area contributed by atoms with Crippen LogP contribution in [0.4, 0.5) is 5.69 Å². The summed E-state index contributed by atoms with van der Waals surface area (Å²) in [4.78, 5) is 11.0. The van der Waals surface area contributed by atoms with Crippen LogP contribution >= 0.6 is 12.2 Å². The molecule has 2 atom stereocenters. The van der Waals surface area contributed by atoms with Gasteiger partial charge in [-0.2, -0.15) is 0 Å². The van der Waals surface area contributed by atoms with Crippen molar-refractivity contribution in [3.8, 4) is 5.69 Å². The van der Waals surface area contributed by atoms with Crippen molar-refractivity contribution >= 4 is 23.0 Å². The molecule has 1 saturated heterocycles. The molecule has 30 heavy (non-hydrogen) atoms. The number of hydrogen-bond acceptors (Lipinski definition) is 3. The largest absolute Gasteiger partial charge is 0.351 e. The molecule has 4 heterocycles. The van der Waals surface area contributed by atoms with E-state index < -0.39 is 0 Å². The van der Waals surface area contributed by atoms with Gasteiger partial charge in [-0.3, -0.25) is 9.97 Å². The van der Waals surface area contributed by atoms with E-state index in [9.17, 15) is 0 Å². The van der Waals surface area contributed by atoms with Crippen LogP contribution in [-0.2, 0) is 0 Å². The summed E-state index contributed by atoms with van der Waals surface area (Å²) >= 11 is 5.82. The van der Waals surface area contributed by atoms with Crippen LogP contribution in [0, 0.1) is 6.92 Å². The number of anilines is 1. The molecule has 1 aromatic carbocycles. The lowest BCUT2D eigenvalue weighted by molar-refractivity contribution is 0.549. The fourth-order valence-corrected chi connectivity index (χ4v) is 4.43. The van der Waals surface area contributed by atoms with Gasteiger partial charge in [-0.15, -0.1) is 0 Å². The summed E-state index contributed by atoms with van der Waals surface area (Å²) in [6, 6.07) is 22.6. The van der Waals surface area contributed by atoms with Gasteiger partial charge in [0.1, 0.15) is 6.04 Å². The Morgan fingerprint density at radius 1 is 0.900 bits per heavy atom. The number of thiocarbonyl (C=S) groups is 1. The maximum atomic E-state index is 5.82. The lowest BCUT2D eigenvalue weighted by Crippen LogP contribution is -2.30. The highest BCUT2D eigenvalue weighted by molar-refractivity contribution is 7.80. The van der Waals surface area contributed by atoms with Crippen LogP contribution in [0.1, 0.15) is 29.0 Å². The molecule has 0 amide bonds. The fourth-order valence-electron chi connectivity index (χ4n) is 4.09. The van der Waals surface area contributed by atoms with Gasteiger partial charge in [0.25, 0.3) is 0 Å². The summed E-state index contributed by atoms with van der Waals surface area (Å²) in [6.45, 7) is 2.10. The Hall–Kier alpha value is -3.51. The summed E-state index contributed by atoms with van der Waals surface area (Å²) in [6.07, 6.45) is 7.53. The molecule has 3 aromatic heterocycles. The third-order valence-electron chi connectivity index (χ3n) is 5.40. The third kappa shape index (κ3) is 3.25. The van der Waals surface area contributed by atoms with Crippen molar-refractivity contribution in [2.75, 3.05) is 4.90 Å². The number of nitrogens with one attached hydrogen (secondary N) is 1. The van der Waals surface area contributed by atoms with E-state index in [0.717, 1.165) is 22.8 Å². The number of pyridine rings is 2. The Morgan fingerprint density at radius 2 is 1.77 bits per heavy atom. The molecular weight excluding hydrogens is 390 g/mol. The molecule has 5 rings (SSSR count). The second-order valence-corrected chi connectivity index (χ2v) is 7.73. The molecule has 148 valence electrons. The van der Waals surface area contributed by atoms with Crippen LogP contribution in [0.25, 0.3) is 5.69 Å². The Balaban J connectivity index is 1.68. The van der Waals surface area contributed by atoms with Gasteiger partial charge in [0.15, 0.2) is 5.11 Å². The van der Waals surface area contributed by atoms with Gasteiger partial charge in [0.2, 0.25) is 0 Å². The summed E-state index contributed by atoms with van der Waals surface area (Å²) in [5.74, 6) is 0. The van der Waals surface area contributed by atoms with E-state index in [2.05, 4.69) is 74.3 Å². The molecule has 1 aliphatic rings. The minimum Gasteiger partial charge on any atom is -0.351 e. The maximum Gasteiger partial charge on any atom is 0.174 e. The zero-order valence-corrected chi connectivity index (χ0v) is 17.3. The van der Waals surface area contributed by atoms with Gasteiger partial charge in [0, 0.05) is 41.9 Å². The molecular formula is C24H21N5S. The van der Waals surface area contributed by atoms with E-state index in [4.69, 9.17) is 12.2 Å². The highest BCUT2D eigenvalue weighted by Crippen LogP contribution is 2.42. The van der Waals surface area contributed by atoms with Gasteiger partial charge in [0.05, 0.1) is 11.7 Å². The van der Waals surface area contributed by atoms with E-state index in [1.54, 1.807) is 0 Å². The summed E-state index contributed by atoms with van der Waals surface area (Å²) in [7, 11) is 0. The smallest absolute Gasteiger partial charge is 0.174 e. The minimum absolute atomic E-state index is 0.0580. The lowest BCUT2D eigenvalue weighted by atomic mass is 10.0. The van der Waals surface area contributed by atoms with Gasteiger partial charge < -0.3 is 14.8 Å². The van der Waals surface area contributed by atoms with Crippen LogP contribution in [0.5, 0.6) is 0 Å². The van der Waals surface area contributed by atoms with E-state index in [1.807, 2.05) is 48.9 Å². The summed E-state index contributed by atoms with van der Waals surface area (Å²) in [5, 5.41) is 4.22. The first-order valence-electron chi connectivity index (χ1n) is 9.87. The molecule has 1 aliphatic heterocycles. The van der Waals surface area contributed by atoms with E-state index in [0.29, 0.717) is 5.11 Å². The highest BCUT2D eigenvalue weighted by Gasteiger charge is 2.42. The Labute approximate surface area is 181 Å². The molecule has 5 nitrogen and oxygen atoms in total. The molecule has 0 unspecified atom stereocenters. The van der Waals surface area contributed by atoms with Crippen LogP contribution in [0.15, 0.2) is 91.5 Å². The number of aryl methyl sites for hydroxylation is 1. The zero-order valence-electron chi connectivity index (χ0n) is 16.5. The number of benzene rings is 1. The first kappa shape index (κ1) is 18.5. The molecule has 0 radical (unpaired) electrons. The number of hydrogen-bond donors (Lipinski definition) is 1. The topological polar surface area (TPSA) is 46.0 Å². The van der Waals surface area contributed by atoms with E-state index in [-0.39, 0.29) is 12.1 Å². The average molecular weight is 412 g/mol. The predicted molar refractivity (Wildman–Crippen MR) is 123 cm³/mol. The lowest BCUT2D eigenvalue weighted by Gasteiger charge is -2.29. The normalized spacial score (nSPS) is 18.4. The van der Waals surface area contributed by atoms with Crippen molar-refractivity contribution in [3.63, 3.8) is 0 Å². The van der Waals surface area contributed by atoms with Crippen molar-refractivity contribution in [3.05, 3.63) is 108 Å². The third-order valence-corrected chi connectivity index (χ3v) is 5.72. The molecule has 4 aromatic rings. The first-order chi connectivity index (χ1) is 14.7. The van der Waals surface area contributed by atoms with Gasteiger partial charge in [-0.05, 0) is 73.2 Å². The summed E-state index contributed by atoms with van der Waals surface area (Å²) in [5.41, 5.74) is 5.42. The van der Waals surface area contributed by atoms with Crippen molar-refractivity contribution in [2.45, 2.75) is 19.0 Å². The fraction of sp³-hybridized carbons (Fsp3) is 0.125. The number of aromatic nitrogens is 3. The highest BCUT2D eigenvalue weighted by atomic mass is 32.1. The molecule has 0 spiro atoms. The van der Waals surface area contributed by atoms with Crippen molar-refractivity contribution in [1.82, 2.24) is 19.9 Å². The SMILES string of the molecule is Cc1cccc(N2C(=S)N[C@@H](c3ccccn3)[C@H]2c2cccn2-c2ccncc2)c1. The Morgan fingerprint density at radius 3 is 2.53 bits per heavy atom. The quantitative estimate of drug-likeness (QED) is 0.491. The maximum absolute atomic E-state index is 5.82. The van der Waals surface area contributed by atoms with Crippen molar-refractivity contribution in [2.24, 2.45) is 0 Å². The second-order valence-electron chi connectivity index (χ2n) is 7.34. The monoisotopic (exact) mass is 411 g/mol. The number of nitrogens with zero attached hydrogens (tertiary/aromatic N) is 4. The van der Waals surface area contributed by atoms with Gasteiger partial charge in [-0.1, -0.05) is 18.2 Å². The zero-order chi connectivity index (χ0) is 20.5. The van der Waals surface area contributed by atoms with Crippen LogP contribution in [0.3, 0.4) is 0 Å². The van der Waals surface area contributed by atoms with Crippen LogP contribution in [-0.4, -0.2) is 19.6 Å². The molecule has 0 saturated carbocycles. The second kappa shape index (κ2) is 7.72. The molecule has 0 bridgehead atoms. The predicted octanol–water partition coefficient (Wildman–Crippen LogP) is 4.75. The van der Waals surface area contributed by atoms with E-state index >= 15 is 0 Å². The van der Waals surface area contributed by atoms with E-state index in [1.165, 1.54) is 5.56 Å². The van der Waals surface area contributed by atoms with Crippen molar-refractivity contribution < 1.29 is 0 Å². The molecule has 6 heteroatoms. The van der Waals surface area contributed by atoms with Crippen LogP contribution < -0.4 is 10.2 Å². The Kier molecular flexibility index (Phi) is 4.77. The van der Waals surface area contributed by atoms with Crippen LogP contribution in [0.2, 0.25) is 0 Å². The molecule has 1 N–H and O–H groups in total. The first-order valence-corrected chi connectivity index (χ1v) is 10.3. The summed E-state index contributed by atoms with van der Waals surface area (Å²) < 4.78 is 2.20. The minimum atomic E-state index is -0.0744. The average Bonchev–Trinajstić information content (AvgIpc) is 3.39. The van der Waals surface area contributed by atoms with Gasteiger partial charge in [-0.25, -0.2) is 0 Å².